The van der Waals surface area contributed by atoms with Crippen LogP contribution in [0.4, 0.5) is 0 Å². The highest BCUT2D eigenvalue weighted by Gasteiger charge is 2.12. The number of rotatable bonds is 7. The smallest absolute Gasteiger partial charge is 0.339 e. The van der Waals surface area contributed by atoms with Crippen LogP contribution in [0.5, 0.6) is 5.75 Å². The van der Waals surface area contributed by atoms with Gasteiger partial charge in [0.2, 0.25) is 0 Å². The Morgan fingerprint density at radius 1 is 1.33 bits per heavy atom. The van der Waals surface area contributed by atoms with E-state index < -0.39 is 5.97 Å². The minimum Gasteiger partial charge on any atom is -0.490 e. The van der Waals surface area contributed by atoms with Crippen molar-refractivity contribution in [3.63, 3.8) is 0 Å². The normalized spacial score (nSPS) is 10.7. The summed E-state index contributed by atoms with van der Waals surface area (Å²) in [5.74, 6) is -0.0620. The molecule has 4 heteroatoms. The zero-order valence-electron chi connectivity index (χ0n) is 11.1. The third-order valence-corrected chi connectivity index (χ3v) is 2.37. The molecule has 0 amide bonds. The van der Waals surface area contributed by atoms with Gasteiger partial charge in [-0.05, 0) is 24.5 Å². The standard InChI is InChI=1S/C14H20O4/c1-10(2)9-17-7-8-18-13-11(3)5-4-6-12(13)14(15)16/h4-6,10H,7-9H2,1-3H3,(H,15,16). The van der Waals surface area contributed by atoms with Gasteiger partial charge in [-0.25, -0.2) is 4.79 Å². The van der Waals surface area contributed by atoms with Crippen molar-refractivity contribution in [3.8, 4) is 5.75 Å². The number of para-hydroxylation sites is 1. The van der Waals surface area contributed by atoms with E-state index in [-0.39, 0.29) is 5.56 Å². The first-order chi connectivity index (χ1) is 8.52. The Balaban J connectivity index is 2.53. The second kappa shape index (κ2) is 7.01. The highest BCUT2D eigenvalue weighted by atomic mass is 16.5. The molecule has 1 aromatic rings. The lowest BCUT2D eigenvalue weighted by atomic mass is 10.1. The van der Waals surface area contributed by atoms with E-state index >= 15 is 0 Å². The summed E-state index contributed by atoms with van der Waals surface area (Å²) in [4.78, 5) is 11.0. The molecule has 0 unspecified atom stereocenters. The molecule has 0 fully saturated rings. The van der Waals surface area contributed by atoms with Crippen molar-refractivity contribution in [1.82, 2.24) is 0 Å². The maximum Gasteiger partial charge on any atom is 0.339 e. The van der Waals surface area contributed by atoms with E-state index in [0.29, 0.717) is 31.5 Å². The lowest BCUT2D eigenvalue weighted by Crippen LogP contribution is -2.12. The molecule has 0 spiro atoms. The summed E-state index contributed by atoms with van der Waals surface area (Å²) in [6.45, 7) is 7.48. The van der Waals surface area contributed by atoms with Gasteiger partial charge in [-0.3, -0.25) is 0 Å². The van der Waals surface area contributed by atoms with Gasteiger partial charge in [-0.1, -0.05) is 26.0 Å². The molecule has 0 aliphatic rings. The van der Waals surface area contributed by atoms with Gasteiger partial charge < -0.3 is 14.6 Å². The zero-order valence-corrected chi connectivity index (χ0v) is 11.1. The van der Waals surface area contributed by atoms with Crippen molar-refractivity contribution in [2.75, 3.05) is 19.8 Å². The van der Waals surface area contributed by atoms with E-state index in [4.69, 9.17) is 14.6 Å². The molecule has 1 aromatic carbocycles. The Hall–Kier alpha value is -1.55. The fourth-order valence-electron chi connectivity index (χ4n) is 1.53. The van der Waals surface area contributed by atoms with Crippen LogP contribution in [-0.2, 0) is 4.74 Å². The van der Waals surface area contributed by atoms with Crippen LogP contribution in [0.1, 0.15) is 29.8 Å². The van der Waals surface area contributed by atoms with Crippen LogP contribution in [0.3, 0.4) is 0 Å². The molecular weight excluding hydrogens is 232 g/mol. The molecule has 0 saturated carbocycles. The quantitative estimate of drug-likeness (QED) is 0.758. The van der Waals surface area contributed by atoms with Gasteiger partial charge in [0.05, 0.1) is 6.61 Å². The molecule has 4 nitrogen and oxygen atoms in total. The second-order valence-electron chi connectivity index (χ2n) is 4.57. The molecule has 0 saturated heterocycles. The fraction of sp³-hybridized carbons (Fsp3) is 0.500. The Labute approximate surface area is 108 Å². The van der Waals surface area contributed by atoms with Crippen molar-refractivity contribution in [3.05, 3.63) is 29.3 Å². The third kappa shape index (κ3) is 4.37. The Morgan fingerprint density at radius 3 is 2.67 bits per heavy atom. The number of ether oxygens (including phenoxy) is 2. The van der Waals surface area contributed by atoms with Crippen molar-refractivity contribution < 1.29 is 19.4 Å². The number of carboxylic acid groups (broad SMARTS) is 1. The summed E-state index contributed by atoms with van der Waals surface area (Å²) in [6, 6.07) is 5.08. The van der Waals surface area contributed by atoms with Crippen LogP contribution in [0.25, 0.3) is 0 Å². The van der Waals surface area contributed by atoms with Gasteiger partial charge in [0.25, 0.3) is 0 Å². The summed E-state index contributed by atoms with van der Waals surface area (Å²) < 4.78 is 10.9. The van der Waals surface area contributed by atoms with Crippen molar-refractivity contribution in [2.45, 2.75) is 20.8 Å². The Morgan fingerprint density at radius 2 is 2.06 bits per heavy atom. The summed E-state index contributed by atoms with van der Waals surface area (Å²) in [6.07, 6.45) is 0. The number of benzene rings is 1. The van der Waals surface area contributed by atoms with Crippen LogP contribution >= 0.6 is 0 Å². The predicted molar refractivity (Wildman–Crippen MR) is 69.3 cm³/mol. The summed E-state index contributed by atoms with van der Waals surface area (Å²) in [5.41, 5.74) is 1.01. The fourth-order valence-corrected chi connectivity index (χ4v) is 1.53. The van der Waals surface area contributed by atoms with E-state index in [1.54, 1.807) is 12.1 Å². The molecule has 1 N–H and O–H groups in total. The van der Waals surface area contributed by atoms with Crippen molar-refractivity contribution in [2.24, 2.45) is 5.92 Å². The number of hydrogen-bond acceptors (Lipinski definition) is 3. The molecule has 0 bridgehead atoms. The first kappa shape index (κ1) is 14.5. The molecule has 0 atom stereocenters. The lowest BCUT2D eigenvalue weighted by Gasteiger charge is -2.12. The maximum atomic E-state index is 11.0. The molecule has 1 rings (SSSR count). The molecule has 0 heterocycles. The molecule has 18 heavy (non-hydrogen) atoms. The summed E-state index contributed by atoms with van der Waals surface area (Å²) in [5, 5.41) is 9.05. The average molecular weight is 252 g/mol. The topological polar surface area (TPSA) is 55.8 Å². The number of hydrogen-bond donors (Lipinski definition) is 1. The highest BCUT2D eigenvalue weighted by Crippen LogP contribution is 2.23. The number of aromatic carboxylic acids is 1. The number of carbonyl (C=O) groups is 1. The minimum absolute atomic E-state index is 0.193. The van der Waals surface area contributed by atoms with Gasteiger partial charge in [-0.15, -0.1) is 0 Å². The second-order valence-corrected chi connectivity index (χ2v) is 4.57. The van der Waals surface area contributed by atoms with E-state index in [2.05, 4.69) is 13.8 Å². The van der Waals surface area contributed by atoms with Crippen LogP contribution in [-0.4, -0.2) is 30.9 Å². The van der Waals surface area contributed by atoms with Gasteiger partial charge in [0, 0.05) is 6.61 Å². The number of carboxylic acids is 1. The summed E-state index contributed by atoms with van der Waals surface area (Å²) in [7, 11) is 0. The molecule has 100 valence electrons. The SMILES string of the molecule is Cc1cccc(C(=O)O)c1OCCOCC(C)C. The monoisotopic (exact) mass is 252 g/mol. The van der Waals surface area contributed by atoms with Gasteiger partial charge in [-0.2, -0.15) is 0 Å². The largest absolute Gasteiger partial charge is 0.490 e. The number of aryl methyl sites for hydroxylation is 1. The van der Waals surface area contributed by atoms with Crippen molar-refractivity contribution in [1.29, 1.82) is 0 Å². The first-order valence-corrected chi connectivity index (χ1v) is 6.05. The summed E-state index contributed by atoms with van der Waals surface area (Å²) >= 11 is 0. The molecule has 0 aliphatic heterocycles. The Kier molecular flexibility index (Phi) is 5.65. The van der Waals surface area contributed by atoms with E-state index in [9.17, 15) is 4.79 Å². The first-order valence-electron chi connectivity index (χ1n) is 6.05. The van der Waals surface area contributed by atoms with Gasteiger partial charge in [0.1, 0.15) is 17.9 Å². The van der Waals surface area contributed by atoms with Crippen LogP contribution in [0.15, 0.2) is 18.2 Å². The van der Waals surface area contributed by atoms with E-state index in [1.807, 2.05) is 13.0 Å². The van der Waals surface area contributed by atoms with Gasteiger partial charge >= 0.3 is 5.97 Å². The average Bonchev–Trinajstić information content (AvgIpc) is 2.29. The molecule has 0 radical (unpaired) electrons. The van der Waals surface area contributed by atoms with Crippen LogP contribution in [0, 0.1) is 12.8 Å². The maximum absolute atomic E-state index is 11.0. The van der Waals surface area contributed by atoms with E-state index in [0.717, 1.165) is 5.56 Å². The zero-order chi connectivity index (χ0) is 13.5. The Bertz CT molecular complexity index is 399. The van der Waals surface area contributed by atoms with Gasteiger partial charge in [0.15, 0.2) is 0 Å². The highest BCUT2D eigenvalue weighted by molar-refractivity contribution is 5.91. The predicted octanol–water partition coefficient (Wildman–Crippen LogP) is 2.74. The molecule has 0 aromatic heterocycles. The minimum atomic E-state index is -0.975. The lowest BCUT2D eigenvalue weighted by molar-refractivity contribution is 0.0677. The van der Waals surface area contributed by atoms with Crippen LogP contribution < -0.4 is 4.74 Å². The van der Waals surface area contributed by atoms with Crippen molar-refractivity contribution >= 4 is 5.97 Å². The van der Waals surface area contributed by atoms with Crippen LogP contribution in [0.2, 0.25) is 0 Å². The molecule has 0 aliphatic carbocycles. The third-order valence-electron chi connectivity index (χ3n) is 2.37. The van der Waals surface area contributed by atoms with E-state index in [1.165, 1.54) is 0 Å². The molecular formula is C14H20O4.